The maximum Gasteiger partial charge on any atom is 0.148 e. The molecule has 0 unspecified atom stereocenters. The number of nitrogens with zero attached hydrogens (tertiary/aromatic N) is 2. The highest BCUT2D eigenvalue weighted by molar-refractivity contribution is 5.32. The Labute approximate surface area is 78.6 Å². The highest BCUT2D eigenvalue weighted by Crippen LogP contribution is 2.02. The molecule has 0 amide bonds. The quantitative estimate of drug-likeness (QED) is 0.725. The van der Waals surface area contributed by atoms with Crippen LogP contribution in [0.25, 0.3) is 0 Å². The van der Waals surface area contributed by atoms with Gasteiger partial charge in [-0.05, 0) is 18.1 Å². The van der Waals surface area contributed by atoms with Crippen LogP contribution in [0.4, 0.5) is 5.82 Å². The summed E-state index contributed by atoms with van der Waals surface area (Å²) in [5, 5.41) is 11.1. The highest BCUT2D eigenvalue weighted by Gasteiger charge is 1.97. The van der Waals surface area contributed by atoms with E-state index in [1.54, 1.807) is 0 Å². The van der Waals surface area contributed by atoms with Crippen molar-refractivity contribution in [3.05, 3.63) is 17.8 Å². The molecule has 0 radical (unpaired) electrons. The molecule has 0 aromatic carbocycles. The first-order chi connectivity index (χ1) is 6.22. The normalized spacial score (nSPS) is 10.5. The van der Waals surface area contributed by atoms with Crippen LogP contribution in [-0.2, 0) is 6.54 Å². The van der Waals surface area contributed by atoms with Gasteiger partial charge in [-0.25, -0.2) is 0 Å². The lowest BCUT2D eigenvalue weighted by atomic mass is 10.2. The van der Waals surface area contributed by atoms with E-state index in [4.69, 9.17) is 5.73 Å². The Hall–Kier alpha value is -1.16. The van der Waals surface area contributed by atoms with Gasteiger partial charge in [-0.3, -0.25) is 0 Å². The molecule has 1 heterocycles. The number of hydrogen-bond acceptors (Lipinski definition) is 4. The molecule has 1 aromatic rings. The lowest BCUT2D eigenvalue weighted by Crippen LogP contribution is -2.10. The Bertz CT molecular complexity index is 242. The van der Waals surface area contributed by atoms with Gasteiger partial charge in [-0.1, -0.05) is 13.8 Å². The number of nitrogens with two attached hydrogens (primary N) is 1. The highest BCUT2D eigenvalue weighted by atomic mass is 15.2. The first-order valence-electron chi connectivity index (χ1n) is 4.49. The molecule has 1 rings (SSSR count). The molecule has 0 bridgehead atoms. The number of rotatable bonds is 4. The maximum atomic E-state index is 5.40. The summed E-state index contributed by atoms with van der Waals surface area (Å²) in [6.45, 7) is 5.65. The van der Waals surface area contributed by atoms with Crippen LogP contribution in [0.5, 0.6) is 0 Å². The molecule has 0 atom stereocenters. The smallest absolute Gasteiger partial charge is 0.148 e. The van der Waals surface area contributed by atoms with Gasteiger partial charge in [-0.2, -0.15) is 5.10 Å². The minimum Gasteiger partial charge on any atom is -0.368 e. The fourth-order valence-corrected chi connectivity index (χ4v) is 0.872. The lowest BCUT2D eigenvalue weighted by Gasteiger charge is -2.06. The number of aromatic nitrogens is 2. The Morgan fingerprint density at radius 2 is 2.15 bits per heavy atom. The predicted octanol–water partition coefficient (Wildman–Crippen LogP) is 1.00. The molecule has 4 nitrogen and oxygen atoms in total. The zero-order chi connectivity index (χ0) is 9.68. The van der Waals surface area contributed by atoms with Gasteiger partial charge in [0.25, 0.3) is 0 Å². The van der Waals surface area contributed by atoms with Gasteiger partial charge in [0.05, 0.1) is 5.69 Å². The number of anilines is 1. The largest absolute Gasteiger partial charge is 0.368 e. The van der Waals surface area contributed by atoms with Crippen LogP contribution in [0, 0.1) is 5.92 Å². The van der Waals surface area contributed by atoms with E-state index in [2.05, 4.69) is 29.4 Å². The van der Waals surface area contributed by atoms with E-state index in [0.29, 0.717) is 12.5 Å². The first kappa shape index (κ1) is 9.92. The third kappa shape index (κ3) is 3.38. The minimum atomic E-state index is 0.442. The molecular weight excluding hydrogens is 164 g/mol. The van der Waals surface area contributed by atoms with Crippen molar-refractivity contribution in [1.29, 1.82) is 0 Å². The Morgan fingerprint density at radius 1 is 1.38 bits per heavy atom. The molecule has 13 heavy (non-hydrogen) atoms. The molecule has 0 aliphatic rings. The SMILES string of the molecule is CC(C)CNc1ccc(CN)nn1. The van der Waals surface area contributed by atoms with Crippen molar-refractivity contribution in [2.75, 3.05) is 11.9 Å². The van der Waals surface area contributed by atoms with Crippen LogP contribution < -0.4 is 11.1 Å². The van der Waals surface area contributed by atoms with Crippen molar-refractivity contribution in [3.63, 3.8) is 0 Å². The van der Waals surface area contributed by atoms with Gasteiger partial charge in [0.15, 0.2) is 0 Å². The summed E-state index contributed by atoms with van der Waals surface area (Å²) in [6.07, 6.45) is 0. The molecule has 0 saturated carbocycles. The summed E-state index contributed by atoms with van der Waals surface area (Å²) in [7, 11) is 0. The van der Waals surface area contributed by atoms with Gasteiger partial charge < -0.3 is 11.1 Å². The Kier molecular flexibility index (Phi) is 3.64. The van der Waals surface area contributed by atoms with Gasteiger partial charge in [0.2, 0.25) is 0 Å². The summed E-state index contributed by atoms with van der Waals surface area (Å²) in [5.74, 6) is 1.42. The summed E-state index contributed by atoms with van der Waals surface area (Å²) in [5.41, 5.74) is 6.21. The Balaban J connectivity index is 2.49. The second kappa shape index (κ2) is 4.77. The van der Waals surface area contributed by atoms with E-state index in [0.717, 1.165) is 18.1 Å². The summed E-state index contributed by atoms with van der Waals surface area (Å²) < 4.78 is 0. The summed E-state index contributed by atoms with van der Waals surface area (Å²) in [6, 6.07) is 3.78. The third-order valence-electron chi connectivity index (χ3n) is 1.62. The molecular formula is C9H16N4. The number of nitrogens with one attached hydrogen (secondary N) is 1. The maximum absolute atomic E-state index is 5.40. The van der Waals surface area contributed by atoms with Gasteiger partial charge >= 0.3 is 0 Å². The van der Waals surface area contributed by atoms with E-state index >= 15 is 0 Å². The molecule has 0 aliphatic carbocycles. The molecule has 4 heteroatoms. The van der Waals surface area contributed by atoms with E-state index in [-0.39, 0.29) is 0 Å². The van der Waals surface area contributed by atoms with Crippen molar-refractivity contribution in [3.8, 4) is 0 Å². The van der Waals surface area contributed by atoms with E-state index in [1.165, 1.54) is 0 Å². The van der Waals surface area contributed by atoms with Gasteiger partial charge in [0.1, 0.15) is 5.82 Å². The van der Waals surface area contributed by atoms with Crippen LogP contribution in [0.2, 0.25) is 0 Å². The minimum absolute atomic E-state index is 0.442. The summed E-state index contributed by atoms with van der Waals surface area (Å²) >= 11 is 0. The topological polar surface area (TPSA) is 63.8 Å². The fraction of sp³-hybridized carbons (Fsp3) is 0.556. The zero-order valence-electron chi connectivity index (χ0n) is 8.12. The lowest BCUT2D eigenvalue weighted by molar-refractivity contribution is 0.685. The molecule has 0 fully saturated rings. The molecule has 72 valence electrons. The summed E-state index contributed by atoms with van der Waals surface area (Å²) in [4.78, 5) is 0. The number of hydrogen-bond donors (Lipinski definition) is 2. The predicted molar refractivity (Wildman–Crippen MR) is 53.3 cm³/mol. The van der Waals surface area contributed by atoms with Crippen molar-refractivity contribution in [1.82, 2.24) is 10.2 Å². The fourth-order valence-electron chi connectivity index (χ4n) is 0.872. The molecule has 0 spiro atoms. The van der Waals surface area contributed by atoms with Crippen LogP contribution in [-0.4, -0.2) is 16.7 Å². The second-order valence-corrected chi connectivity index (χ2v) is 3.39. The van der Waals surface area contributed by atoms with Crippen molar-refractivity contribution in [2.45, 2.75) is 20.4 Å². The third-order valence-corrected chi connectivity index (χ3v) is 1.62. The van der Waals surface area contributed by atoms with Gasteiger partial charge in [0, 0.05) is 13.1 Å². The van der Waals surface area contributed by atoms with Gasteiger partial charge in [-0.15, -0.1) is 5.10 Å². The molecule has 1 aromatic heterocycles. The van der Waals surface area contributed by atoms with Crippen molar-refractivity contribution >= 4 is 5.82 Å². The molecule has 0 saturated heterocycles. The Morgan fingerprint density at radius 3 is 2.62 bits per heavy atom. The molecule has 0 aliphatic heterocycles. The van der Waals surface area contributed by atoms with Crippen LogP contribution in [0.1, 0.15) is 19.5 Å². The monoisotopic (exact) mass is 180 g/mol. The zero-order valence-corrected chi connectivity index (χ0v) is 8.12. The van der Waals surface area contributed by atoms with Crippen LogP contribution >= 0.6 is 0 Å². The average molecular weight is 180 g/mol. The van der Waals surface area contributed by atoms with Crippen molar-refractivity contribution < 1.29 is 0 Å². The van der Waals surface area contributed by atoms with Crippen LogP contribution in [0.3, 0.4) is 0 Å². The second-order valence-electron chi connectivity index (χ2n) is 3.39. The van der Waals surface area contributed by atoms with E-state index < -0.39 is 0 Å². The van der Waals surface area contributed by atoms with E-state index in [1.807, 2.05) is 12.1 Å². The van der Waals surface area contributed by atoms with Crippen LogP contribution in [0.15, 0.2) is 12.1 Å². The standard InChI is InChI=1S/C9H16N4/c1-7(2)6-11-9-4-3-8(5-10)12-13-9/h3-4,7H,5-6,10H2,1-2H3,(H,11,13). The van der Waals surface area contributed by atoms with Crippen molar-refractivity contribution in [2.24, 2.45) is 11.7 Å². The average Bonchev–Trinajstić information content (AvgIpc) is 2.15. The molecule has 3 N–H and O–H groups in total. The van der Waals surface area contributed by atoms with E-state index in [9.17, 15) is 0 Å². The first-order valence-corrected chi connectivity index (χ1v) is 4.49.